The summed E-state index contributed by atoms with van der Waals surface area (Å²) in [6, 6.07) is 1.48. The highest BCUT2D eigenvalue weighted by atomic mass is 15.2. The van der Waals surface area contributed by atoms with E-state index in [4.69, 9.17) is 0 Å². The number of hydrogen-bond donors (Lipinski definition) is 1. The molecule has 0 bridgehead atoms. The number of piperazine rings is 1. The molecule has 2 aliphatic rings. The first-order valence-electron chi connectivity index (χ1n) is 7.72. The molecule has 2 fully saturated rings. The lowest BCUT2D eigenvalue weighted by Gasteiger charge is -2.42. The van der Waals surface area contributed by atoms with Crippen molar-refractivity contribution in [2.45, 2.75) is 59.0 Å². The zero-order valence-corrected chi connectivity index (χ0v) is 12.6. The molecule has 3 atom stereocenters. The zero-order valence-electron chi connectivity index (χ0n) is 12.6. The van der Waals surface area contributed by atoms with Gasteiger partial charge in [-0.25, -0.2) is 0 Å². The average Bonchev–Trinajstić information content (AvgIpc) is 3.19. The van der Waals surface area contributed by atoms with Gasteiger partial charge in [-0.3, -0.25) is 4.90 Å². The van der Waals surface area contributed by atoms with E-state index in [1.165, 1.54) is 37.9 Å². The monoisotopic (exact) mass is 250 g/mol. The molecule has 1 saturated heterocycles. The van der Waals surface area contributed by atoms with Crippen LogP contribution >= 0.6 is 0 Å². The van der Waals surface area contributed by atoms with Crippen molar-refractivity contribution in [3.8, 4) is 0 Å². The molecule has 0 radical (unpaired) electrons. The van der Waals surface area contributed by atoms with Gasteiger partial charge in [0.1, 0.15) is 0 Å². The van der Waals surface area contributed by atoms with E-state index >= 15 is 0 Å². The maximum absolute atomic E-state index is 3.80. The molecule has 2 heteroatoms. The van der Waals surface area contributed by atoms with Gasteiger partial charge in [0, 0.05) is 31.7 Å². The van der Waals surface area contributed by atoms with Crippen LogP contribution in [0.1, 0.15) is 47.0 Å². The average molecular weight is 250 g/mol. The lowest BCUT2D eigenvalue weighted by molar-refractivity contribution is 0.108. The van der Waals surface area contributed by atoms with Crippen molar-refractivity contribution < 1.29 is 0 Å². The third-order valence-electron chi connectivity index (χ3n) is 4.72. The Morgan fingerprint density at radius 1 is 1.39 bits per heavy atom. The predicted octanol–water partition coefficient (Wildman–Crippen LogP) is 3.05. The van der Waals surface area contributed by atoms with Gasteiger partial charge in [0.05, 0.1) is 0 Å². The van der Waals surface area contributed by atoms with Crippen LogP contribution in [0, 0.1) is 11.8 Å². The lowest BCUT2D eigenvalue weighted by Crippen LogP contribution is -2.59. The summed E-state index contributed by atoms with van der Waals surface area (Å²) in [4.78, 5) is 2.73. The van der Waals surface area contributed by atoms with E-state index in [9.17, 15) is 0 Å². The molecule has 18 heavy (non-hydrogen) atoms. The normalized spacial score (nSPS) is 31.1. The maximum Gasteiger partial charge on any atom is 0.0252 e. The Morgan fingerprint density at radius 3 is 2.67 bits per heavy atom. The third kappa shape index (κ3) is 3.58. The minimum absolute atomic E-state index is 0.690. The highest BCUT2D eigenvalue weighted by molar-refractivity contribution is 5.01. The number of nitrogens with zero attached hydrogens (tertiary/aromatic N) is 1. The van der Waals surface area contributed by atoms with Crippen molar-refractivity contribution >= 4 is 0 Å². The van der Waals surface area contributed by atoms with Crippen LogP contribution in [0.4, 0.5) is 0 Å². The zero-order chi connectivity index (χ0) is 13.1. The van der Waals surface area contributed by atoms with Crippen LogP contribution in [0.3, 0.4) is 0 Å². The molecule has 2 nitrogen and oxygen atoms in total. The van der Waals surface area contributed by atoms with E-state index in [1.807, 2.05) is 0 Å². The molecule has 1 aliphatic carbocycles. The van der Waals surface area contributed by atoms with Crippen LogP contribution in [0.25, 0.3) is 0 Å². The fraction of sp³-hybridized carbons (Fsp3) is 0.875. The summed E-state index contributed by atoms with van der Waals surface area (Å²) in [6.45, 7) is 12.7. The molecule has 1 N–H and O–H groups in total. The quantitative estimate of drug-likeness (QED) is 0.755. The van der Waals surface area contributed by atoms with Crippen LogP contribution in [0.5, 0.6) is 0 Å². The summed E-state index contributed by atoms with van der Waals surface area (Å²) in [5, 5.41) is 3.80. The Morgan fingerprint density at radius 2 is 2.11 bits per heavy atom. The summed E-state index contributed by atoms with van der Waals surface area (Å²) in [5.74, 6) is 1.76. The molecule has 0 aromatic carbocycles. The lowest BCUT2D eigenvalue weighted by atomic mass is 9.94. The molecular weight excluding hydrogens is 220 g/mol. The second-order valence-corrected chi connectivity index (χ2v) is 6.54. The fourth-order valence-electron chi connectivity index (χ4n) is 2.98. The van der Waals surface area contributed by atoms with Gasteiger partial charge in [0.2, 0.25) is 0 Å². The summed E-state index contributed by atoms with van der Waals surface area (Å²) < 4.78 is 0. The van der Waals surface area contributed by atoms with Crippen molar-refractivity contribution in [1.29, 1.82) is 0 Å². The van der Waals surface area contributed by atoms with E-state index < -0.39 is 0 Å². The smallest absolute Gasteiger partial charge is 0.0252 e. The molecule has 0 aromatic heterocycles. The van der Waals surface area contributed by atoms with Gasteiger partial charge in [-0.15, -0.1) is 0 Å². The Balaban J connectivity index is 1.96. The number of allylic oxidation sites excluding steroid dienone is 1. The molecule has 0 aromatic rings. The summed E-state index contributed by atoms with van der Waals surface area (Å²) >= 11 is 0. The van der Waals surface area contributed by atoms with Gasteiger partial charge in [-0.2, -0.15) is 0 Å². The first-order chi connectivity index (χ1) is 8.61. The van der Waals surface area contributed by atoms with Gasteiger partial charge in [-0.05, 0) is 38.5 Å². The van der Waals surface area contributed by atoms with Crippen molar-refractivity contribution in [3.05, 3.63) is 11.6 Å². The Bertz CT molecular complexity index is 289. The summed E-state index contributed by atoms with van der Waals surface area (Å²) in [5.41, 5.74) is 1.45. The molecule has 3 unspecified atom stereocenters. The Hall–Kier alpha value is -0.340. The van der Waals surface area contributed by atoms with Gasteiger partial charge in [0.25, 0.3) is 0 Å². The summed E-state index contributed by atoms with van der Waals surface area (Å²) in [7, 11) is 0. The molecular formula is C16H30N2. The van der Waals surface area contributed by atoms with E-state index in [-0.39, 0.29) is 0 Å². The van der Waals surface area contributed by atoms with Gasteiger partial charge in [-0.1, -0.05) is 31.9 Å². The number of hydrogen-bond acceptors (Lipinski definition) is 2. The Labute approximate surface area is 113 Å². The van der Waals surface area contributed by atoms with Crippen molar-refractivity contribution in [3.63, 3.8) is 0 Å². The highest BCUT2D eigenvalue weighted by Crippen LogP contribution is 2.36. The molecule has 0 amide bonds. The molecule has 2 rings (SSSR count). The van der Waals surface area contributed by atoms with Crippen molar-refractivity contribution in [2.24, 2.45) is 11.8 Å². The SMILES string of the molecule is CCC(C)C1CN(CC=C(C)C)C(C2CC2)CN1. The Kier molecular flexibility index (Phi) is 4.85. The summed E-state index contributed by atoms with van der Waals surface area (Å²) in [6.07, 6.45) is 6.58. The van der Waals surface area contributed by atoms with Crippen molar-refractivity contribution in [2.75, 3.05) is 19.6 Å². The maximum atomic E-state index is 3.80. The van der Waals surface area contributed by atoms with Crippen LogP contribution in [0.2, 0.25) is 0 Å². The van der Waals surface area contributed by atoms with Gasteiger partial charge < -0.3 is 5.32 Å². The van der Waals surface area contributed by atoms with Gasteiger partial charge >= 0.3 is 0 Å². The third-order valence-corrected chi connectivity index (χ3v) is 4.72. The first-order valence-corrected chi connectivity index (χ1v) is 7.72. The second kappa shape index (κ2) is 6.21. The fourth-order valence-corrected chi connectivity index (χ4v) is 2.98. The topological polar surface area (TPSA) is 15.3 Å². The molecule has 0 spiro atoms. The molecule has 104 valence electrons. The molecule has 1 aliphatic heterocycles. The van der Waals surface area contributed by atoms with Crippen LogP contribution in [0.15, 0.2) is 11.6 Å². The minimum atomic E-state index is 0.690. The second-order valence-electron chi connectivity index (χ2n) is 6.54. The minimum Gasteiger partial charge on any atom is -0.311 e. The largest absolute Gasteiger partial charge is 0.311 e. The van der Waals surface area contributed by atoms with E-state index in [0.29, 0.717) is 6.04 Å². The van der Waals surface area contributed by atoms with Crippen molar-refractivity contribution in [1.82, 2.24) is 10.2 Å². The predicted molar refractivity (Wildman–Crippen MR) is 78.8 cm³/mol. The van der Waals surface area contributed by atoms with Crippen LogP contribution in [-0.4, -0.2) is 36.6 Å². The van der Waals surface area contributed by atoms with E-state index in [2.05, 4.69) is 44.0 Å². The number of rotatable bonds is 5. The standard InChI is InChI=1S/C16H30N2/c1-5-13(4)15-11-18(9-8-12(2)3)16(10-17-15)14-6-7-14/h8,13-17H,5-7,9-11H2,1-4H3. The van der Waals surface area contributed by atoms with Crippen LogP contribution in [-0.2, 0) is 0 Å². The first kappa shape index (κ1) is 14.1. The molecule has 1 saturated carbocycles. The van der Waals surface area contributed by atoms with E-state index in [1.54, 1.807) is 0 Å². The van der Waals surface area contributed by atoms with Gasteiger partial charge in [0.15, 0.2) is 0 Å². The number of nitrogens with one attached hydrogen (secondary N) is 1. The highest BCUT2D eigenvalue weighted by Gasteiger charge is 2.38. The van der Waals surface area contributed by atoms with Crippen LogP contribution < -0.4 is 5.32 Å². The van der Waals surface area contributed by atoms with E-state index in [0.717, 1.165) is 24.4 Å². The molecule has 1 heterocycles.